The lowest BCUT2D eigenvalue weighted by Gasteiger charge is -2.36. The lowest BCUT2D eigenvalue weighted by molar-refractivity contribution is 0.152. The Balaban J connectivity index is 2.69. The number of nitrogens with one attached hydrogen (secondary N) is 1. The fraction of sp³-hybridized carbons (Fsp3) is 1.00. The molecular formula is C17H36N2. The number of likely N-dealkylation sites (N-methyl/N-ethyl adjacent to an activating group) is 1. The SMILES string of the molecule is CCCC(NCC)C(CC)N1CCC(CC)(CC)C1. The fourth-order valence-electron chi connectivity index (χ4n) is 3.88. The van der Waals surface area contributed by atoms with Crippen LogP contribution in [0.5, 0.6) is 0 Å². The number of likely N-dealkylation sites (tertiary alicyclic amines) is 1. The lowest BCUT2D eigenvalue weighted by Crippen LogP contribution is -2.49. The van der Waals surface area contributed by atoms with E-state index in [1.807, 2.05) is 0 Å². The number of hydrogen-bond acceptors (Lipinski definition) is 2. The first-order chi connectivity index (χ1) is 9.16. The highest BCUT2D eigenvalue weighted by atomic mass is 15.2. The summed E-state index contributed by atoms with van der Waals surface area (Å²) in [5, 5.41) is 3.73. The number of rotatable bonds is 9. The molecule has 2 nitrogen and oxygen atoms in total. The molecule has 1 aliphatic heterocycles. The van der Waals surface area contributed by atoms with Crippen LogP contribution in [0.4, 0.5) is 0 Å². The summed E-state index contributed by atoms with van der Waals surface area (Å²) in [5.41, 5.74) is 0.608. The van der Waals surface area contributed by atoms with Crippen molar-refractivity contribution >= 4 is 0 Å². The Hall–Kier alpha value is -0.0800. The second-order valence-electron chi connectivity index (χ2n) is 6.36. The van der Waals surface area contributed by atoms with Gasteiger partial charge in [-0.1, -0.05) is 41.0 Å². The Bertz CT molecular complexity index is 229. The van der Waals surface area contributed by atoms with Crippen molar-refractivity contribution in [1.29, 1.82) is 0 Å². The topological polar surface area (TPSA) is 15.3 Å². The third kappa shape index (κ3) is 4.19. The van der Waals surface area contributed by atoms with Gasteiger partial charge in [-0.15, -0.1) is 0 Å². The summed E-state index contributed by atoms with van der Waals surface area (Å²) in [6, 6.07) is 1.42. The molecule has 0 aromatic carbocycles. The van der Waals surface area contributed by atoms with Crippen LogP contribution >= 0.6 is 0 Å². The van der Waals surface area contributed by atoms with Crippen molar-refractivity contribution in [1.82, 2.24) is 10.2 Å². The van der Waals surface area contributed by atoms with Crippen LogP contribution in [0.15, 0.2) is 0 Å². The summed E-state index contributed by atoms with van der Waals surface area (Å²) < 4.78 is 0. The van der Waals surface area contributed by atoms with Gasteiger partial charge in [-0.25, -0.2) is 0 Å². The first-order valence-corrected chi connectivity index (χ1v) is 8.63. The molecule has 0 amide bonds. The van der Waals surface area contributed by atoms with Gasteiger partial charge in [0, 0.05) is 18.6 Å². The molecule has 114 valence electrons. The molecule has 1 N–H and O–H groups in total. The average molecular weight is 268 g/mol. The molecule has 0 aliphatic carbocycles. The molecule has 0 aromatic rings. The van der Waals surface area contributed by atoms with Gasteiger partial charge in [-0.05, 0) is 50.6 Å². The maximum absolute atomic E-state index is 3.73. The van der Waals surface area contributed by atoms with E-state index in [2.05, 4.69) is 44.8 Å². The van der Waals surface area contributed by atoms with Crippen LogP contribution in [0.2, 0.25) is 0 Å². The maximum atomic E-state index is 3.73. The molecule has 2 atom stereocenters. The highest BCUT2D eigenvalue weighted by Gasteiger charge is 2.38. The van der Waals surface area contributed by atoms with Gasteiger partial charge in [-0.2, -0.15) is 0 Å². The molecule has 0 saturated carbocycles. The van der Waals surface area contributed by atoms with Gasteiger partial charge in [0.1, 0.15) is 0 Å². The van der Waals surface area contributed by atoms with Crippen molar-refractivity contribution in [3.63, 3.8) is 0 Å². The molecule has 1 saturated heterocycles. The van der Waals surface area contributed by atoms with Crippen molar-refractivity contribution in [3.05, 3.63) is 0 Å². The molecular weight excluding hydrogens is 232 g/mol. The molecule has 1 rings (SSSR count). The van der Waals surface area contributed by atoms with Crippen LogP contribution < -0.4 is 5.32 Å². The highest BCUT2D eigenvalue weighted by Crippen LogP contribution is 2.38. The predicted octanol–water partition coefficient (Wildman–Crippen LogP) is 4.06. The lowest BCUT2D eigenvalue weighted by atomic mass is 9.82. The van der Waals surface area contributed by atoms with E-state index in [1.165, 1.54) is 51.6 Å². The fourth-order valence-corrected chi connectivity index (χ4v) is 3.88. The molecule has 1 heterocycles. The standard InChI is InChI=1S/C17H36N2/c1-6-11-15(18-10-5)16(7-2)19-13-12-17(8-3,9-4)14-19/h15-16,18H,6-14H2,1-5H3. The van der Waals surface area contributed by atoms with Gasteiger partial charge >= 0.3 is 0 Å². The Morgan fingerprint density at radius 2 is 1.79 bits per heavy atom. The van der Waals surface area contributed by atoms with Gasteiger partial charge < -0.3 is 5.32 Å². The van der Waals surface area contributed by atoms with E-state index < -0.39 is 0 Å². The van der Waals surface area contributed by atoms with Gasteiger partial charge in [0.2, 0.25) is 0 Å². The Morgan fingerprint density at radius 3 is 2.21 bits per heavy atom. The van der Waals surface area contributed by atoms with Crippen molar-refractivity contribution in [2.24, 2.45) is 5.41 Å². The third-order valence-electron chi connectivity index (χ3n) is 5.39. The molecule has 0 aromatic heterocycles. The Morgan fingerprint density at radius 1 is 1.11 bits per heavy atom. The second kappa shape index (κ2) is 8.26. The van der Waals surface area contributed by atoms with Crippen LogP contribution in [0.1, 0.15) is 73.1 Å². The molecule has 1 fully saturated rings. The average Bonchev–Trinajstić information content (AvgIpc) is 2.85. The van der Waals surface area contributed by atoms with Gasteiger partial charge in [-0.3, -0.25) is 4.90 Å². The Kier molecular flexibility index (Phi) is 7.38. The van der Waals surface area contributed by atoms with Crippen molar-refractivity contribution in [3.8, 4) is 0 Å². The maximum Gasteiger partial charge on any atom is 0.0246 e. The minimum absolute atomic E-state index is 0.608. The van der Waals surface area contributed by atoms with E-state index in [-0.39, 0.29) is 0 Å². The first-order valence-electron chi connectivity index (χ1n) is 8.63. The van der Waals surface area contributed by atoms with Gasteiger partial charge in [0.25, 0.3) is 0 Å². The summed E-state index contributed by atoms with van der Waals surface area (Å²) in [6.07, 6.45) is 7.97. The molecule has 2 heteroatoms. The van der Waals surface area contributed by atoms with E-state index in [4.69, 9.17) is 0 Å². The van der Waals surface area contributed by atoms with Gasteiger partial charge in [0.15, 0.2) is 0 Å². The monoisotopic (exact) mass is 268 g/mol. The zero-order valence-corrected chi connectivity index (χ0v) is 14.0. The second-order valence-corrected chi connectivity index (χ2v) is 6.36. The zero-order chi connectivity index (χ0) is 14.3. The smallest absolute Gasteiger partial charge is 0.0246 e. The van der Waals surface area contributed by atoms with Crippen LogP contribution in [0.25, 0.3) is 0 Å². The number of hydrogen-bond donors (Lipinski definition) is 1. The van der Waals surface area contributed by atoms with E-state index in [0.29, 0.717) is 11.5 Å². The van der Waals surface area contributed by atoms with Crippen LogP contribution in [-0.2, 0) is 0 Å². The molecule has 2 unspecified atom stereocenters. The van der Waals surface area contributed by atoms with E-state index in [9.17, 15) is 0 Å². The summed E-state index contributed by atoms with van der Waals surface area (Å²) in [7, 11) is 0. The summed E-state index contributed by atoms with van der Waals surface area (Å²) in [6.45, 7) is 15.4. The van der Waals surface area contributed by atoms with E-state index in [1.54, 1.807) is 0 Å². The highest BCUT2D eigenvalue weighted by molar-refractivity contribution is 4.94. The summed E-state index contributed by atoms with van der Waals surface area (Å²) in [5.74, 6) is 0. The summed E-state index contributed by atoms with van der Waals surface area (Å²) >= 11 is 0. The molecule has 1 aliphatic rings. The van der Waals surface area contributed by atoms with Crippen LogP contribution in [0, 0.1) is 5.41 Å². The quantitative estimate of drug-likeness (QED) is 0.678. The summed E-state index contributed by atoms with van der Waals surface area (Å²) in [4.78, 5) is 2.79. The third-order valence-corrected chi connectivity index (χ3v) is 5.39. The van der Waals surface area contributed by atoms with Crippen LogP contribution in [0.3, 0.4) is 0 Å². The van der Waals surface area contributed by atoms with Crippen molar-refractivity contribution in [2.45, 2.75) is 85.2 Å². The molecule has 19 heavy (non-hydrogen) atoms. The minimum Gasteiger partial charge on any atom is -0.313 e. The van der Waals surface area contributed by atoms with Crippen molar-refractivity contribution in [2.75, 3.05) is 19.6 Å². The largest absolute Gasteiger partial charge is 0.313 e. The molecule has 0 bridgehead atoms. The molecule has 0 spiro atoms. The van der Waals surface area contributed by atoms with E-state index >= 15 is 0 Å². The predicted molar refractivity (Wildman–Crippen MR) is 85.7 cm³/mol. The minimum atomic E-state index is 0.608. The number of nitrogens with zero attached hydrogens (tertiary/aromatic N) is 1. The molecule has 0 radical (unpaired) electrons. The normalized spacial score (nSPS) is 22.6. The van der Waals surface area contributed by atoms with Crippen molar-refractivity contribution < 1.29 is 0 Å². The van der Waals surface area contributed by atoms with Crippen LogP contribution in [-0.4, -0.2) is 36.6 Å². The first kappa shape index (κ1) is 17.0. The zero-order valence-electron chi connectivity index (χ0n) is 14.0. The van der Waals surface area contributed by atoms with E-state index in [0.717, 1.165) is 12.6 Å². The van der Waals surface area contributed by atoms with Gasteiger partial charge in [0.05, 0.1) is 0 Å². The Labute approximate surface area is 121 Å².